The largest absolute Gasteiger partial charge is 0.462 e. The van der Waals surface area contributed by atoms with Gasteiger partial charge in [0.2, 0.25) is 0 Å². The predicted octanol–water partition coefficient (Wildman–Crippen LogP) is 0.891. The van der Waals surface area contributed by atoms with Crippen molar-refractivity contribution in [1.29, 1.82) is 0 Å². The minimum Gasteiger partial charge on any atom is -0.462 e. The van der Waals surface area contributed by atoms with Gasteiger partial charge in [0.25, 0.3) is 0 Å². The first-order valence-corrected chi connectivity index (χ1v) is 5.37. The number of carbonyl (C=O) groups is 2. The molecule has 0 radical (unpaired) electrons. The van der Waals surface area contributed by atoms with Crippen molar-refractivity contribution >= 4 is 11.9 Å². The van der Waals surface area contributed by atoms with Gasteiger partial charge in [-0.2, -0.15) is 0 Å². The number of hydrogen-bond acceptors (Lipinski definition) is 5. The van der Waals surface area contributed by atoms with Gasteiger partial charge in [0.15, 0.2) is 0 Å². The molecule has 0 aromatic rings. The lowest BCUT2D eigenvalue weighted by molar-refractivity contribution is -0.159. The fraction of sp³-hybridized carbons (Fsp3) is 0.818. The molecular formula is C11H20O5. The molecule has 0 heterocycles. The van der Waals surface area contributed by atoms with Crippen LogP contribution in [0.4, 0.5) is 0 Å². The van der Waals surface area contributed by atoms with E-state index in [1.807, 2.05) is 6.92 Å². The lowest BCUT2D eigenvalue weighted by atomic mass is 9.91. The van der Waals surface area contributed by atoms with Crippen molar-refractivity contribution < 1.29 is 24.2 Å². The average Bonchev–Trinajstić information content (AvgIpc) is 2.24. The highest BCUT2D eigenvalue weighted by Gasteiger charge is 2.26. The maximum Gasteiger partial charge on any atom is 0.311 e. The van der Waals surface area contributed by atoms with E-state index >= 15 is 0 Å². The van der Waals surface area contributed by atoms with Crippen LogP contribution in [0.2, 0.25) is 0 Å². The molecule has 0 atom stereocenters. The van der Waals surface area contributed by atoms with Crippen LogP contribution in [0.1, 0.15) is 33.6 Å². The summed E-state index contributed by atoms with van der Waals surface area (Å²) in [6.45, 7) is 5.36. The monoisotopic (exact) mass is 232 g/mol. The van der Waals surface area contributed by atoms with Crippen molar-refractivity contribution in [2.24, 2.45) is 5.41 Å². The molecule has 0 saturated heterocycles. The van der Waals surface area contributed by atoms with Crippen LogP contribution >= 0.6 is 0 Å². The molecule has 0 aromatic carbocycles. The number of aliphatic hydroxyl groups is 1. The zero-order valence-electron chi connectivity index (χ0n) is 10.1. The Labute approximate surface area is 95.7 Å². The molecule has 0 aliphatic rings. The Morgan fingerprint density at radius 3 is 2.25 bits per heavy atom. The van der Waals surface area contributed by atoms with E-state index in [0.29, 0.717) is 6.42 Å². The Morgan fingerprint density at radius 2 is 1.75 bits per heavy atom. The SMILES string of the molecule is CCC(C)(C)C(=O)OCCOC(=O)CCO. The molecule has 5 heteroatoms. The minimum absolute atomic E-state index is 0.0321. The molecule has 0 fully saturated rings. The highest BCUT2D eigenvalue weighted by atomic mass is 16.6. The Bertz CT molecular complexity index is 235. The minimum atomic E-state index is -0.505. The molecule has 5 nitrogen and oxygen atoms in total. The van der Waals surface area contributed by atoms with E-state index in [0.717, 1.165) is 0 Å². The van der Waals surface area contributed by atoms with Crippen LogP contribution in [0.3, 0.4) is 0 Å². The van der Waals surface area contributed by atoms with Crippen LogP contribution in [0.5, 0.6) is 0 Å². The number of esters is 2. The molecule has 0 unspecified atom stereocenters. The molecule has 0 bridgehead atoms. The molecule has 0 amide bonds. The molecule has 0 aliphatic carbocycles. The number of hydrogen-bond donors (Lipinski definition) is 1. The second-order valence-electron chi connectivity index (χ2n) is 4.07. The van der Waals surface area contributed by atoms with E-state index in [2.05, 4.69) is 0 Å². The Kier molecular flexibility index (Phi) is 6.72. The maximum atomic E-state index is 11.5. The average molecular weight is 232 g/mol. The summed E-state index contributed by atoms with van der Waals surface area (Å²) in [4.78, 5) is 22.3. The van der Waals surface area contributed by atoms with Crippen LogP contribution in [0.25, 0.3) is 0 Å². The van der Waals surface area contributed by atoms with Gasteiger partial charge in [0.1, 0.15) is 13.2 Å². The molecule has 0 aromatic heterocycles. The molecule has 0 aliphatic heterocycles. The summed E-state index contributed by atoms with van der Waals surface area (Å²) < 4.78 is 9.65. The summed E-state index contributed by atoms with van der Waals surface area (Å²) in [5.74, 6) is -0.790. The van der Waals surface area contributed by atoms with Crippen molar-refractivity contribution in [2.45, 2.75) is 33.6 Å². The highest BCUT2D eigenvalue weighted by Crippen LogP contribution is 2.21. The number of ether oxygens (including phenoxy) is 2. The lowest BCUT2D eigenvalue weighted by Gasteiger charge is -2.20. The second kappa shape index (κ2) is 7.22. The fourth-order valence-corrected chi connectivity index (χ4v) is 0.793. The number of carbonyl (C=O) groups excluding carboxylic acids is 2. The first kappa shape index (κ1) is 14.9. The molecule has 0 spiro atoms. The van der Waals surface area contributed by atoms with Crippen molar-refractivity contribution in [1.82, 2.24) is 0 Å². The zero-order chi connectivity index (χ0) is 12.6. The summed E-state index contributed by atoms with van der Waals surface area (Å²) in [6, 6.07) is 0. The van der Waals surface area contributed by atoms with Gasteiger partial charge in [-0.1, -0.05) is 6.92 Å². The highest BCUT2D eigenvalue weighted by molar-refractivity contribution is 5.75. The molecule has 1 N–H and O–H groups in total. The summed E-state index contributed by atoms with van der Waals surface area (Å²) in [5.41, 5.74) is -0.505. The van der Waals surface area contributed by atoms with Crippen LogP contribution in [-0.4, -0.2) is 36.9 Å². The summed E-state index contributed by atoms with van der Waals surface area (Å²) in [5, 5.41) is 8.43. The lowest BCUT2D eigenvalue weighted by Crippen LogP contribution is -2.27. The van der Waals surface area contributed by atoms with Gasteiger partial charge in [0.05, 0.1) is 18.4 Å². The zero-order valence-corrected chi connectivity index (χ0v) is 10.1. The van der Waals surface area contributed by atoms with E-state index in [1.54, 1.807) is 13.8 Å². The third-order valence-electron chi connectivity index (χ3n) is 2.33. The Morgan fingerprint density at radius 1 is 1.19 bits per heavy atom. The third-order valence-corrected chi connectivity index (χ3v) is 2.33. The van der Waals surface area contributed by atoms with Gasteiger partial charge in [-0.15, -0.1) is 0 Å². The molecule has 0 rings (SSSR count). The maximum absolute atomic E-state index is 11.5. The van der Waals surface area contributed by atoms with Crippen LogP contribution in [0.15, 0.2) is 0 Å². The van der Waals surface area contributed by atoms with E-state index in [9.17, 15) is 9.59 Å². The Hall–Kier alpha value is -1.10. The standard InChI is InChI=1S/C11H20O5/c1-4-11(2,3)10(14)16-8-7-15-9(13)5-6-12/h12H,4-8H2,1-3H3. The predicted molar refractivity (Wildman–Crippen MR) is 57.7 cm³/mol. The molecular weight excluding hydrogens is 212 g/mol. The van der Waals surface area contributed by atoms with E-state index in [4.69, 9.17) is 14.6 Å². The molecule has 94 valence electrons. The van der Waals surface area contributed by atoms with Gasteiger partial charge in [-0.05, 0) is 20.3 Å². The van der Waals surface area contributed by atoms with E-state index < -0.39 is 11.4 Å². The van der Waals surface area contributed by atoms with Crippen molar-refractivity contribution in [3.63, 3.8) is 0 Å². The van der Waals surface area contributed by atoms with Gasteiger partial charge in [0, 0.05) is 0 Å². The van der Waals surface area contributed by atoms with Crippen LogP contribution in [-0.2, 0) is 19.1 Å². The summed E-state index contributed by atoms with van der Waals surface area (Å²) in [7, 11) is 0. The van der Waals surface area contributed by atoms with Gasteiger partial charge >= 0.3 is 11.9 Å². The first-order chi connectivity index (χ1) is 7.44. The van der Waals surface area contributed by atoms with Crippen molar-refractivity contribution in [3.05, 3.63) is 0 Å². The van der Waals surface area contributed by atoms with Crippen LogP contribution < -0.4 is 0 Å². The number of rotatable bonds is 7. The van der Waals surface area contributed by atoms with Gasteiger partial charge in [-0.3, -0.25) is 9.59 Å². The van der Waals surface area contributed by atoms with E-state index in [-0.39, 0.29) is 32.2 Å². The second-order valence-corrected chi connectivity index (χ2v) is 4.07. The van der Waals surface area contributed by atoms with Crippen molar-refractivity contribution in [3.8, 4) is 0 Å². The van der Waals surface area contributed by atoms with Crippen LogP contribution in [0, 0.1) is 5.41 Å². The topological polar surface area (TPSA) is 72.8 Å². The van der Waals surface area contributed by atoms with Crippen molar-refractivity contribution in [2.75, 3.05) is 19.8 Å². The van der Waals surface area contributed by atoms with E-state index in [1.165, 1.54) is 0 Å². The summed E-state index contributed by atoms with van der Waals surface area (Å²) >= 11 is 0. The normalized spacial score (nSPS) is 11.0. The Balaban J connectivity index is 3.67. The quantitative estimate of drug-likeness (QED) is 0.521. The van der Waals surface area contributed by atoms with Gasteiger partial charge < -0.3 is 14.6 Å². The molecule has 0 saturated carbocycles. The summed E-state index contributed by atoms with van der Waals surface area (Å²) in [6.07, 6.45) is 0.657. The smallest absolute Gasteiger partial charge is 0.311 e. The number of aliphatic hydroxyl groups excluding tert-OH is 1. The first-order valence-electron chi connectivity index (χ1n) is 5.37. The molecule has 16 heavy (non-hydrogen) atoms. The third kappa shape index (κ3) is 5.70. The fourth-order valence-electron chi connectivity index (χ4n) is 0.793. The van der Waals surface area contributed by atoms with Gasteiger partial charge in [-0.25, -0.2) is 0 Å².